The predicted molar refractivity (Wildman–Crippen MR) is 71.2 cm³/mol. The third-order valence-corrected chi connectivity index (χ3v) is 3.11. The van der Waals surface area contributed by atoms with Gasteiger partial charge in [0.25, 0.3) is 0 Å². The summed E-state index contributed by atoms with van der Waals surface area (Å²) in [4.78, 5) is 0. The molecule has 3 nitrogen and oxygen atoms in total. The van der Waals surface area contributed by atoms with E-state index in [1.54, 1.807) is 14.2 Å². The van der Waals surface area contributed by atoms with Gasteiger partial charge in [-0.3, -0.25) is 0 Å². The molecule has 90 valence electrons. The SMILES string of the molecule is COc1cc(Br)cc(OC)c1O[Si](C)(C)C. The number of halogens is 1. The fourth-order valence-corrected chi connectivity index (χ4v) is 2.48. The Kier molecular flexibility index (Phi) is 4.26. The average molecular weight is 305 g/mol. The van der Waals surface area contributed by atoms with Gasteiger partial charge in [0.2, 0.25) is 8.32 Å². The van der Waals surface area contributed by atoms with Crippen molar-refractivity contribution in [3.05, 3.63) is 16.6 Å². The van der Waals surface area contributed by atoms with Gasteiger partial charge < -0.3 is 13.9 Å². The van der Waals surface area contributed by atoms with Crippen LogP contribution in [0.5, 0.6) is 17.2 Å². The zero-order valence-electron chi connectivity index (χ0n) is 10.3. The maximum atomic E-state index is 5.97. The largest absolute Gasteiger partial charge is 0.539 e. The zero-order valence-corrected chi connectivity index (χ0v) is 12.8. The van der Waals surface area contributed by atoms with Gasteiger partial charge in [-0.05, 0) is 31.8 Å². The van der Waals surface area contributed by atoms with E-state index in [0.717, 1.165) is 4.47 Å². The first-order valence-electron chi connectivity index (χ1n) is 4.98. The van der Waals surface area contributed by atoms with Crippen LogP contribution in [0.15, 0.2) is 16.6 Å². The van der Waals surface area contributed by atoms with Gasteiger partial charge in [-0.25, -0.2) is 0 Å². The summed E-state index contributed by atoms with van der Waals surface area (Å²) in [6.45, 7) is 6.36. The molecule has 0 N–H and O–H groups in total. The first-order chi connectivity index (χ1) is 7.37. The lowest BCUT2D eigenvalue weighted by Crippen LogP contribution is -2.29. The van der Waals surface area contributed by atoms with Crippen LogP contribution in [0, 0.1) is 0 Å². The molecule has 0 aliphatic carbocycles. The second-order valence-corrected chi connectivity index (χ2v) is 9.70. The molecule has 16 heavy (non-hydrogen) atoms. The highest BCUT2D eigenvalue weighted by Crippen LogP contribution is 2.41. The number of hydrogen-bond acceptors (Lipinski definition) is 3. The quantitative estimate of drug-likeness (QED) is 0.794. The van der Waals surface area contributed by atoms with Gasteiger partial charge in [-0.1, -0.05) is 15.9 Å². The van der Waals surface area contributed by atoms with E-state index in [2.05, 4.69) is 35.6 Å². The third-order valence-electron chi connectivity index (χ3n) is 1.83. The van der Waals surface area contributed by atoms with E-state index < -0.39 is 8.32 Å². The molecule has 0 fully saturated rings. The molecule has 1 aromatic carbocycles. The van der Waals surface area contributed by atoms with E-state index >= 15 is 0 Å². The molecule has 0 aliphatic rings. The van der Waals surface area contributed by atoms with Crippen molar-refractivity contribution in [2.75, 3.05) is 14.2 Å². The monoisotopic (exact) mass is 304 g/mol. The van der Waals surface area contributed by atoms with Crippen molar-refractivity contribution in [3.63, 3.8) is 0 Å². The third kappa shape index (κ3) is 3.42. The minimum Gasteiger partial charge on any atom is -0.539 e. The van der Waals surface area contributed by atoms with Crippen LogP contribution in [0.1, 0.15) is 0 Å². The molecule has 5 heteroatoms. The van der Waals surface area contributed by atoms with Crippen molar-refractivity contribution < 1.29 is 13.9 Å². The lowest BCUT2D eigenvalue weighted by molar-refractivity contribution is 0.360. The Bertz CT molecular complexity index is 349. The molecular weight excluding hydrogens is 288 g/mol. The molecule has 0 amide bonds. The van der Waals surface area contributed by atoms with Crippen molar-refractivity contribution in [2.45, 2.75) is 19.6 Å². The van der Waals surface area contributed by atoms with Gasteiger partial charge in [0.15, 0.2) is 17.2 Å². The number of hydrogen-bond donors (Lipinski definition) is 0. The van der Waals surface area contributed by atoms with E-state index in [4.69, 9.17) is 13.9 Å². The van der Waals surface area contributed by atoms with E-state index in [1.807, 2.05) is 12.1 Å². The normalized spacial score (nSPS) is 11.1. The predicted octanol–water partition coefficient (Wildman–Crippen LogP) is 3.68. The molecule has 0 heterocycles. The Morgan fingerprint density at radius 3 is 1.75 bits per heavy atom. The Labute approximate surface area is 106 Å². The van der Waals surface area contributed by atoms with Gasteiger partial charge in [-0.2, -0.15) is 0 Å². The topological polar surface area (TPSA) is 27.7 Å². The van der Waals surface area contributed by atoms with Crippen molar-refractivity contribution in [1.29, 1.82) is 0 Å². The van der Waals surface area contributed by atoms with E-state index in [9.17, 15) is 0 Å². The molecular formula is C11H17BrO3Si. The van der Waals surface area contributed by atoms with Gasteiger partial charge in [0, 0.05) is 4.47 Å². The second-order valence-electron chi connectivity index (χ2n) is 4.35. The average Bonchev–Trinajstić information content (AvgIpc) is 2.18. The molecule has 0 aromatic heterocycles. The molecule has 0 radical (unpaired) electrons. The van der Waals surface area contributed by atoms with Crippen LogP contribution in [0.4, 0.5) is 0 Å². The van der Waals surface area contributed by atoms with Crippen molar-refractivity contribution in [1.82, 2.24) is 0 Å². The van der Waals surface area contributed by atoms with E-state index in [0.29, 0.717) is 17.2 Å². The van der Waals surface area contributed by atoms with Crippen LogP contribution < -0.4 is 13.9 Å². The van der Waals surface area contributed by atoms with Gasteiger partial charge in [-0.15, -0.1) is 0 Å². The minimum absolute atomic E-state index is 0.687. The number of benzene rings is 1. The molecule has 0 saturated heterocycles. The summed E-state index contributed by atoms with van der Waals surface area (Å²) in [6, 6.07) is 3.75. The lowest BCUT2D eigenvalue weighted by Gasteiger charge is -2.23. The molecule has 0 bridgehead atoms. The van der Waals surface area contributed by atoms with Crippen molar-refractivity contribution in [2.24, 2.45) is 0 Å². The van der Waals surface area contributed by atoms with Crippen LogP contribution >= 0.6 is 15.9 Å². The minimum atomic E-state index is -1.69. The highest BCUT2D eigenvalue weighted by atomic mass is 79.9. The van der Waals surface area contributed by atoms with E-state index in [1.165, 1.54) is 0 Å². The first kappa shape index (κ1) is 13.4. The number of ether oxygens (including phenoxy) is 2. The second kappa shape index (κ2) is 5.10. The Balaban J connectivity index is 3.22. The summed E-state index contributed by atoms with van der Waals surface area (Å²) in [5.74, 6) is 2.06. The fourth-order valence-electron chi connectivity index (χ4n) is 1.25. The maximum absolute atomic E-state index is 5.97. The Morgan fingerprint density at radius 2 is 1.44 bits per heavy atom. The van der Waals surface area contributed by atoms with Gasteiger partial charge in [0.1, 0.15) is 0 Å². The molecule has 1 rings (SSSR count). The van der Waals surface area contributed by atoms with Gasteiger partial charge in [0.05, 0.1) is 14.2 Å². The van der Waals surface area contributed by atoms with Crippen LogP contribution in [0.25, 0.3) is 0 Å². The van der Waals surface area contributed by atoms with E-state index in [-0.39, 0.29) is 0 Å². The molecule has 0 spiro atoms. The Hall–Kier alpha value is -0.683. The first-order valence-corrected chi connectivity index (χ1v) is 9.18. The fraction of sp³-hybridized carbons (Fsp3) is 0.455. The standard InChI is InChI=1S/C11H17BrO3Si/c1-13-9-6-8(12)7-10(14-2)11(9)15-16(3,4)5/h6-7H,1-5H3. The molecule has 0 atom stereocenters. The zero-order chi connectivity index (χ0) is 12.3. The number of rotatable bonds is 4. The van der Waals surface area contributed by atoms with Crippen LogP contribution in [0.2, 0.25) is 19.6 Å². The summed E-state index contributed by atoms with van der Waals surface area (Å²) in [5.41, 5.74) is 0. The highest BCUT2D eigenvalue weighted by molar-refractivity contribution is 9.10. The van der Waals surface area contributed by atoms with Gasteiger partial charge >= 0.3 is 0 Å². The molecule has 0 saturated carbocycles. The van der Waals surface area contributed by atoms with Crippen LogP contribution in [0.3, 0.4) is 0 Å². The molecule has 0 aliphatic heterocycles. The summed E-state index contributed by atoms with van der Waals surface area (Å²) in [7, 11) is 1.56. The van der Waals surface area contributed by atoms with Crippen LogP contribution in [-0.2, 0) is 0 Å². The highest BCUT2D eigenvalue weighted by Gasteiger charge is 2.22. The Morgan fingerprint density at radius 1 is 1.00 bits per heavy atom. The summed E-state index contributed by atoms with van der Waals surface area (Å²) in [6.07, 6.45) is 0. The molecule has 0 unspecified atom stereocenters. The maximum Gasteiger partial charge on any atom is 0.242 e. The smallest absolute Gasteiger partial charge is 0.242 e. The summed E-state index contributed by atoms with van der Waals surface area (Å²) >= 11 is 3.40. The number of methoxy groups -OCH3 is 2. The van der Waals surface area contributed by atoms with Crippen molar-refractivity contribution in [3.8, 4) is 17.2 Å². The molecule has 1 aromatic rings. The lowest BCUT2D eigenvalue weighted by atomic mass is 10.3. The van der Waals surface area contributed by atoms with Crippen LogP contribution in [-0.4, -0.2) is 22.5 Å². The summed E-state index contributed by atoms with van der Waals surface area (Å²) in [5, 5.41) is 0. The summed E-state index contributed by atoms with van der Waals surface area (Å²) < 4.78 is 17.5. The van der Waals surface area contributed by atoms with Crippen molar-refractivity contribution >= 4 is 24.2 Å².